The molecule has 0 radical (unpaired) electrons. The van der Waals surface area contributed by atoms with Crippen molar-refractivity contribution in [1.29, 1.82) is 0 Å². The molecule has 0 unspecified atom stereocenters. The van der Waals surface area contributed by atoms with Crippen molar-refractivity contribution in [1.82, 2.24) is 10.2 Å². The first kappa shape index (κ1) is 16.4. The quantitative estimate of drug-likeness (QED) is 0.863. The third-order valence-corrected chi connectivity index (χ3v) is 5.09. The fraction of sp³-hybridized carbons (Fsp3) is 0.462. The first-order valence-corrected chi connectivity index (χ1v) is 9.07. The summed E-state index contributed by atoms with van der Waals surface area (Å²) in [5.74, 6) is -1.52. The van der Waals surface area contributed by atoms with Crippen LogP contribution in [0.15, 0.2) is 21.5 Å². The van der Waals surface area contributed by atoms with E-state index < -0.39 is 26.5 Å². The van der Waals surface area contributed by atoms with E-state index in [1.165, 1.54) is 17.0 Å². The van der Waals surface area contributed by atoms with Crippen molar-refractivity contribution in [2.75, 3.05) is 26.4 Å². The zero-order valence-corrected chi connectivity index (χ0v) is 14.1. The van der Waals surface area contributed by atoms with Gasteiger partial charge in [0.15, 0.2) is 15.7 Å². The van der Waals surface area contributed by atoms with Gasteiger partial charge in [-0.05, 0) is 25.1 Å². The normalized spacial score (nSPS) is 18.8. The van der Waals surface area contributed by atoms with Gasteiger partial charge in [0.25, 0.3) is 5.91 Å². The molecule has 1 aromatic carbocycles. The second kappa shape index (κ2) is 6.02. The average molecular weight is 379 g/mol. The molecule has 0 saturated carbocycles. The van der Waals surface area contributed by atoms with E-state index in [9.17, 15) is 17.6 Å². The minimum atomic E-state index is -3.74. The molecule has 1 aliphatic rings. The van der Waals surface area contributed by atoms with E-state index in [-0.39, 0.29) is 11.6 Å². The van der Waals surface area contributed by atoms with Crippen LogP contribution in [0.2, 0.25) is 0 Å². The highest BCUT2D eigenvalue weighted by molar-refractivity contribution is 9.10. The van der Waals surface area contributed by atoms with Crippen LogP contribution in [0.4, 0.5) is 4.39 Å². The fourth-order valence-electron chi connectivity index (χ4n) is 2.32. The predicted octanol–water partition coefficient (Wildman–Crippen LogP) is 1.43. The third-order valence-electron chi connectivity index (χ3n) is 3.54. The molecule has 1 N–H and O–H groups in total. The van der Waals surface area contributed by atoms with E-state index >= 15 is 0 Å². The summed E-state index contributed by atoms with van der Waals surface area (Å²) in [6, 6.07) is 2.46. The van der Waals surface area contributed by atoms with Gasteiger partial charge in [-0.3, -0.25) is 4.79 Å². The number of nitrogens with one attached hydrogen (secondary N) is 1. The number of hydrogen-bond donors (Lipinski definition) is 1. The van der Waals surface area contributed by atoms with E-state index in [1.807, 2.05) is 0 Å². The summed E-state index contributed by atoms with van der Waals surface area (Å²) in [5, 5.41) is 3.13. The van der Waals surface area contributed by atoms with Crippen LogP contribution in [-0.2, 0) is 9.84 Å². The molecule has 1 atom stereocenters. The molecule has 1 heterocycles. The SMILES string of the molecule is CN(C(=O)c1cc(Br)cc(S(C)(=O)=O)c1F)[C@H]1CCNC1. The van der Waals surface area contributed by atoms with E-state index in [0.717, 1.165) is 19.2 Å². The fourth-order valence-corrected chi connectivity index (χ4v) is 3.70. The number of hydrogen-bond acceptors (Lipinski definition) is 4. The molecule has 0 aliphatic carbocycles. The Labute approximate surface area is 131 Å². The maximum absolute atomic E-state index is 14.4. The van der Waals surface area contributed by atoms with E-state index in [1.54, 1.807) is 7.05 Å². The van der Waals surface area contributed by atoms with Gasteiger partial charge in [0, 0.05) is 30.4 Å². The molecule has 1 amide bonds. The lowest BCUT2D eigenvalue weighted by Gasteiger charge is -2.24. The van der Waals surface area contributed by atoms with Gasteiger partial charge in [0.05, 0.1) is 5.56 Å². The summed E-state index contributed by atoms with van der Waals surface area (Å²) in [4.78, 5) is 13.4. The second-order valence-electron chi connectivity index (χ2n) is 5.10. The molecule has 2 rings (SSSR count). The van der Waals surface area contributed by atoms with Crippen molar-refractivity contribution in [3.63, 3.8) is 0 Å². The molecule has 1 aromatic rings. The van der Waals surface area contributed by atoms with Crippen LogP contribution < -0.4 is 5.32 Å². The number of rotatable bonds is 3. The topological polar surface area (TPSA) is 66.5 Å². The molecule has 1 aliphatic heterocycles. The number of halogens is 2. The lowest BCUT2D eigenvalue weighted by Crippen LogP contribution is -2.38. The standard InChI is InChI=1S/C13H16BrFN2O3S/c1-17(9-3-4-16-7-9)13(18)10-5-8(14)6-11(12(10)15)21(2,19)20/h5-6,9,16H,3-4,7H2,1-2H3/t9-/m0/s1. The molecule has 0 aromatic heterocycles. The van der Waals surface area contributed by atoms with Gasteiger partial charge in [-0.25, -0.2) is 12.8 Å². The molecule has 0 bridgehead atoms. The van der Waals surface area contributed by atoms with Crippen molar-refractivity contribution in [2.45, 2.75) is 17.4 Å². The number of sulfone groups is 1. The number of carbonyl (C=O) groups excluding carboxylic acids is 1. The minimum Gasteiger partial charge on any atom is -0.337 e. The summed E-state index contributed by atoms with van der Waals surface area (Å²) >= 11 is 3.13. The van der Waals surface area contributed by atoms with Crippen LogP contribution in [0.1, 0.15) is 16.8 Å². The Hall–Kier alpha value is -0.990. The number of likely N-dealkylation sites (N-methyl/N-ethyl adjacent to an activating group) is 1. The van der Waals surface area contributed by atoms with Gasteiger partial charge >= 0.3 is 0 Å². The maximum atomic E-state index is 14.4. The highest BCUT2D eigenvalue weighted by Gasteiger charge is 2.28. The number of nitrogens with zero attached hydrogens (tertiary/aromatic N) is 1. The van der Waals surface area contributed by atoms with Crippen molar-refractivity contribution >= 4 is 31.7 Å². The highest BCUT2D eigenvalue weighted by atomic mass is 79.9. The van der Waals surface area contributed by atoms with Crippen LogP contribution >= 0.6 is 15.9 Å². The summed E-state index contributed by atoms with van der Waals surface area (Å²) < 4.78 is 38.0. The molecule has 1 saturated heterocycles. The Morgan fingerprint density at radius 1 is 1.48 bits per heavy atom. The van der Waals surface area contributed by atoms with Crippen LogP contribution in [0.3, 0.4) is 0 Å². The number of benzene rings is 1. The average Bonchev–Trinajstić information content (AvgIpc) is 2.92. The molecule has 21 heavy (non-hydrogen) atoms. The van der Waals surface area contributed by atoms with Crippen molar-refractivity contribution < 1.29 is 17.6 Å². The second-order valence-corrected chi connectivity index (χ2v) is 8.00. The molecular weight excluding hydrogens is 363 g/mol. The summed E-state index contributed by atoms with van der Waals surface area (Å²) in [7, 11) is -2.15. The Balaban J connectivity index is 2.44. The van der Waals surface area contributed by atoms with E-state index in [4.69, 9.17) is 0 Å². The largest absolute Gasteiger partial charge is 0.337 e. The van der Waals surface area contributed by atoms with Crippen LogP contribution in [0.5, 0.6) is 0 Å². The molecule has 116 valence electrons. The highest BCUT2D eigenvalue weighted by Crippen LogP contribution is 2.25. The molecule has 8 heteroatoms. The van der Waals surface area contributed by atoms with Crippen LogP contribution in [0, 0.1) is 5.82 Å². The van der Waals surface area contributed by atoms with Gasteiger partial charge < -0.3 is 10.2 Å². The van der Waals surface area contributed by atoms with Gasteiger partial charge in [0.2, 0.25) is 0 Å². The Kier molecular flexibility index (Phi) is 4.69. The van der Waals surface area contributed by atoms with Gasteiger partial charge in [-0.2, -0.15) is 0 Å². The smallest absolute Gasteiger partial charge is 0.256 e. The van der Waals surface area contributed by atoms with Gasteiger partial charge in [-0.1, -0.05) is 15.9 Å². The van der Waals surface area contributed by atoms with E-state index in [0.29, 0.717) is 11.0 Å². The molecule has 1 fully saturated rings. The number of amides is 1. The zero-order chi connectivity index (χ0) is 15.8. The van der Waals surface area contributed by atoms with Crippen LogP contribution in [-0.4, -0.2) is 51.7 Å². The predicted molar refractivity (Wildman–Crippen MR) is 80.6 cm³/mol. The van der Waals surface area contributed by atoms with Gasteiger partial charge in [-0.15, -0.1) is 0 Å². The summed E-state index contributed by atoms with van der Waals surface area (Å²) in [5.41, 5.74) is -0.237. The van der Waals surface area contributed by atoms with Crippen molar-refractivity contribution in [2.24, 2.45) is 0 Å². The molecule has 0 spiro atoms. The number of carbonyl (C=O) groups is 1. The first-order valence-electron chi connectivity index (χ1n) is 6.39. The monoisotopic (exact) mass is 378 g/mol. The zero-order valence-electron chi connectivity index (χ0n) is 11.7. The summed E-state index contributed by atoms with van der Waals surface area (Å²) in [6.45, 7) is 1.45. The first-order chi connectivity index (χ1) is 9.71. The lowest BCUT2D eigenvalue weighted by atomic mass is 10.1. The van der Waals surface area contributed by atoms with E-state index in [2.05, 4.69) is 21.2 Å². The third kappa shape index (κ3) is 3.44. The van der Waals surface area contributed by atoms with Crippen LogP contribution in [0.25, 0.3) is 0 Å². The van der Waals surface area contributed by atoms with Crippen molar-refractivity contribution in [3.05, 3.63) is 28.0 Å². The minimum absolute atomic E-state index is 0.0161. The Morgan fingerprint density at radius 3 is 2.67 bits per heavy atom. The maximum Gasteiger partial charge on any atom is 0.256 e. The molecular formula is C13H16BrFN2O3S. The van der Waals surface area contributed by atoms with Gasteiger partial charge in [0.1, 0.15) is 4.90 Å². The van der Waals surface area contributed by atoms with Crippen molar-refractivity contribution in [3.8, 4) is 0 Å². The Bertz CT molecular complexity index is 672. The summed E-state index contributed by atoms with van der Waals surface area (Å²) in [6.07, 6.45) is 1.70. The lowest BCUT2D eigenvalue weighted by molar-refractivity contribution is 0.0738. The Morgan fingerprint density at radius 2 is 2.14 bits per heavy atom. The molecule has 5 nitrogen and oxygen atoms in total.